The molecule has 0 radical (unpaired) electrons. The molecule has 1 heterocycles. The van der Waals surface area contributed by atoms with Gasteiger partial charge in [-0.2, -0.15) is 0 Å². The first-order valence-corrected chi connectivity index (χ1v) is 9.19. The highest BCUT2D eigenvalue weighted by atomic mass is 35.5. The maximum Gasteiger partial charge on any atom is 0.232 e. The topological polar surface area (TPSA) is 81.4 Å². The van der Waals surface area contributed by atoms with Crippen LogP contribution in [0.25, 0.3) is 11.5 Å². The van der Waals surface area contributed by atoms with Crippen LogP contribution in [0.3, 0.4) is 0 Å². The molecule has 6 nitrogen and oxygen atoms in total. The van der Waals surface area contributed by atoms with E-state index in [1.54, 1.807) is 26.2 Å². The van der Waals surface area contributed by atoms with Gasteiger partial charge in [0, 0.05) is 24.5 Å². The molecule has 130 valence electrons. The van der Waals surface area contributed by atoms with Gasteiger partial charge in [0.15, 0.2) is 0 Å². The van der Waals surface area contributed by atoms with Gasteiger partial charge in [-0.05, 0) is 19.1 Å². The molecule has 1 atom stereocenters. The number of nitrogens with one attached hydrogen (secondary N) is 1. The fourth-order valence-electron chi connectivity index (χ4n) is 2.01. The summed E-state index contributed by atoms with van der Waals surface area (Å²) < 4.78 is 22.6. The van der Waals surface area contributed by atoms with Gasteiger partial charge in [0.05, 0.1) is 28.6 Å². The lowest BCUT2D eigenvalue weighted by Gasteiger charge is -2.03. The molecule has 0 fully saturated rings. The third-order valence-electron chi connectivity index (χ3n) is 3.22. The number of nitrogens with zero attached hydrogens (tertiary/aromatic N) is 1. The molecule has 1 amide bonds. The maximum absolute atomic E-state index is 12.1. The Balaban J connectivity index is 1.99. The zero-order valence-corrected chi connectivity index (χ0v) is 15.1. The molecule has 1 unspecified atom stereocenters. The molecule has 0 bridgehead atoms. The van der Waals surface area contributed by atoms with Crippen molar-refractivity contribution < 1.29 is 18.2 Å². The summed E-state index contributed by atoms with van der Waals surface area (Å²) in [6.45, 7) is 2.56. The second kappa shape index (κ2) is 8.96. The van der Waals surface area contributed by atoms with Crippen LogP contribution in [0.4, 0.5) is 0 Å². The molecule has 0 saturated carbocycles. The summed E-state index contributed by atoms with van der Waals surface area (Å²) in [6.07, 6.45) is 0. The first-order valence-electron chi connectivity index (χ1n) is 7.33. The first-order chi connectivity index (χ1) is 11.5. The number of rotatable bonds is 8. The Hall–Kier alpha value is -1.70. The average molecular weight is 371 g/mol. The van der Waals surface area contributed by atoms with Crippen molar-refractivity contribution >= 4 is 28.3 Å². The molecular formula is C16H19ClN2O4S. The molecule has 1 N–H and O–H groups in total. The van der Waals surface area contributed by atoms with E-state index < -0.39 is 10.8 Å². The van der Waals surface area contributed by atoms with Crippen LogP contribution in [-0.4, -0.2) is 41.1 Å². The lowest BCUT2D eigenvalue weighted by molar-refractivity contribution is -0.118. The summed E-state index contributed by atoms with van der Waals surface area (Å²) in [5.41, 5.74) is 1.24. The summed E-state index contributed by atoms with van der Waals surface area (Å²) in [5, 5.41) is 3.17. The van der Waals surface area contributed by atoms with Crippen LogP contribution >= 0.6 is 11.6 Å². The number of aryl methyl sites for hydroxylation is 1. The van der Waals surface area contributed by atoms with E-state index >= 15 is 0 Å². The van der Waals surface area contributed by atoms with Crippen molar-refractivity contribution in [3.8, 4) is 11.5 Å². The molecule has 0 aliphatic heterocycles. The Labute approximate surface area is 148 Å². The highest BCUT2D eigenvalue weighted by Crippen LogP contribution is 2.28. The zero-order valence-electron chi connectivity index (χ0n) is 13.5. The number of hydrogen-bond donors (Lipinski definition) is 1. The first kappa shape index (κ1) is 18.6. The maximum atomic E-state index is 12.1. The Bertz CT molecular complexity index is 733. The summed E-state index contributed by atoms with van der Waals surface area (Å²) in [7, 11) is 0.176. The predicted molar refractivity (Wildman–Crippen MR) is 93.3 cm³/mol. The Kier molecular flexibility index (Phi) is 6.96. The fraction of sp³-hybridized carbons (Fsp3) is 0.375. The fourth-order valence-corrected chi connectivity index (χ4v) is 3.29. The molecule has 24 heavy (non-hydrogen) atoms. The van der Waals surface area contributed by atoms with Gasteiger partial charge in [0.25, 0.3) is 0 Å². The number of ether oxygens (including phenoxy) is 1. The van der Waals surface area contributed by atoms with Crippen LogP contribution in [0.1, 0.15) is 11.5 Å². The SMILES string of the molecule is COCCNC(=O)CS(=O)Cc1nc(-c2ccccc2Cl)oc1C. The smallest absolute Gasteiger partial charge is 0.232 e. The van der Waals surface area contributed by atoms with Crippen molar-refractivity contribution in [3.05, 3.63) is 40.7 Å². The molecule has 1 aromatic heterocycles. The summed E-state index contributed by atoms with van der Waals surface area (Å²) >= 11 is 6.13. The molecule has 8 heteroatoms. The number of hydrogen-bond acceptors (Lipinski definition) is 5. The number of halogens is 1. The quantitative estimate of drug-likeness (QED) is 0.721. The van der Waals surface area contributed by atoms with Crippen LogP contribution in [0.5, 0.6) is 0 Å². The van der Waals surface area contributed by atoms with E-state index in [9.17, 15) is 9.00 Å². The van der Waals surface area contributed by atoms with Crippen LogP contribution in [0, 0.1) is 6.92 Å². The number of methoxy groups -OCH3 is 1. The normalized spacial score (nSPS) is 12.1. The Morgan fingerprint density at radius 1 is 1.42 bits per heavy atom. The highest BCUT2D eigenvalue weighted by molar-refractivity contribution is 7.84. The lowest BCUT2D eigenvalue weighted by Crippen LogP contribution is -2.31. The van der Waals surface area contributed by atoms with Gasteiger partial charge >= 0.3 is 0 Å². The monoisotopic (exact) mass is 370 g/mol. The van der Waals surface area contributed by atoms with Gasteiger partial charge in [0.2, 0.25) is 11.8 Å². The van der Waals surface area contributed by atoms with Gasteiger partial charge in [-0.1, -0.05) is 23.7 Å². The van der Waals surface area contributed by atoms with Gasteiger partial charge < -0.3 is 14.5 Å². The van der Waals surface area contributed by atoms with Gasteiger partial charge in [-0.15, -0.1) is 0 Å². The van der Waals surface area contributed by atoms with E-state index in [0.29, 0.717) is 41.1 Å². The molecule has 2 rings (SSSR count). The van der Waals surface area contributed by atoms with E-state index in [1.807, 2.05) is 12.1 Å². The standard InChI is InChI=1S/C16H19ClN2O4S/c1-11-14(9-24(21)10-15(20)18-7-8-22-2)19-16(23-11)12-5-3-4-6-13(12)17/h3-6H,7-10H2,1-2H3,(H,18,20). The zero-order chi connectivity index (χ0) is 17.5. The molecule has 0 spiro atoms. The highest BCUT2D eigenvalue weighted by Gasteiger charge is 2.17. The number of benzene rings is 1. The number of oxazole rings is 1. The van der Waals surface area contributed by atoms with Crippen LogP contribution in [-0.2, 0) is 26.1 Å². The van der Waals surface area contributed by atoms with Gasteiger partial charge in [0.1, 0.15) is 11.5 Å². The van der Waals surface area contributed by atoms with Crippen molar-refractivity contribution in [1.29, 1.82) is 0 Å². The molecular weight excluding hydrogens is 352 g/mol. The summed E-state index contributed by atoms with van der Waals surface area (Å²) in [5.74, 6) is 0.736. The van der Waals surface area contributed by atoms with Crippen molar-refractivity contribution in [2.75, 3.05) is 26.0 Å². The molecule has 0 saturated heterocycles. The second-order valence-corrected chi connectivity index (χ2v) is 6.94. The van der Waals surface area contributed by atoms with Crippen LogP contribution < -0.4 is 5.32 Å². The number of amides is 1. The van der Waals surface area contributed by atoms with Crippen LogP contribution in [0.15, 0.2) is 28.7 Å². The van der Waals surface area contributed by atoms with E-state index in [0.717, 1.165) is 0 Å². The minimum atomic E-state index is -1.37. The Morgan fingerprint density at radius 3 is 2.88 bits per heavy atom. The summed E-state index contributed by atoms with van der Waals surface area (Å²) in [4.78, 5) is 16.0. The van der Waals surface area contributed by atoms with Gasteiger partial charge in [-0.3, -0.25) is 9.00 Å². The average Bonchev–Trinajstić information content (AvgIpc) is 2.88. The van der Waals surface area contributed by atoms with Crippen molar-refractivity contribution in [2.24, 2.45) is 0 Å². The minimum Gasteiger partial charge on any atom is -0.441 e. The van der Waals surface area contributed by atoms with E-state index in [2.05, 4.69) is 10.3 Å². The van der Waals surface area contributed by atoms with Crippen molar-refractivity contribution in [2.45, 2.75) is 12.7 Å². The van der Waals surface area contributed by atoms with Crippen molar-refractivity contribution in [1.82, 2.24) is 10.3 Å². The minimum absolute atomic E-state index is 0.0859. The molecule has 1 aromatic carbocycles. The van der Waals surface area contributed by atoms with E-state index in [-0.39, 0.29) is 17.4 Å². The Morgan fingerprint density at radius 2 is 2.17 bits per heavy atom. The van der Waals surface area contributed by atoms with E-state index in [1.165, 1.54) is 0 Å². The lowest BCUT2D eigenvalue weighted by atomic mass is 10.2. The largest absolute Gasteiger partial charge is 0.441 e. The van der Waals surface area contributed by atoms with Crippen LogP contribution in [0.2, 0.25) is 5.02 Å². The summed E-state index contributed by atoms with van der Waals surface area (Å²) in [6, 6.07) is 7.21. The number of carbonyl (C=O) groups is 1. The predicted octanol–water partition coefficient (Wildman–Crippen LogP) is 2.31. The molecule has 0 aliphatic rings. The third-order valence-corrected chi connectivity index (χ3v) is 4.72. The van der Waals surface area contributed by atoms with E-state index in [4.69, 9.17) is 20.8 Å². The third kappa shape index (κ3) is 5.15. The molecule has 0 aliphatic carbocycles. The number of aromatic nitrogens is 1. The molecule has 2 aromatic rings. The second-order valence-electron chi connectivity index (χ2n) is 5.07. The van der Waals surface area contributed by atoms with Crippen molar-refractivity contribution in [3.63, 3.8) is 0 Å². The van der Waals surface area contributed by atoms with Gasteiger partial charge in [-0.25, -0.2) is 4.98 Å². The number of carbonyl (C=O) groups excluding carboxylic acids is 1.